The van der Waals surface area contributed by atoms with Gasteiger partial charge in [0.2, 0.25) is 0 Å². The zero-order chi connectivity index (χ0) is 8.97. The van der Waals surface area contributed by atoms with Gasteiger partial charge in [-0.2, -0.15) is 0 Å². The van der Waals surface area contributed by atoms with E-state index in [0.29, 0.717) is 10.7 Å². The summed E-state index contributed by atoms with van der Waals surface area (Å²) in [4.78, 5) is 0.420. The lowest BCUT2D eigenvalue weighted by molar-refractivity contribution is 0.941. The SMILES string of the molecule is CC1C=CC=C(C(Br)CBr)C=C1. The van der Waals surface area contributed by atoms with Crippen molar-refractivity contribution >= 4 is 31.9 Å². The van der Waals surface area contributed by atoms with E-state index >= 15 is 0 Å². The van der Waals surface area contributed by atoms with E-state index in [1.165, 1.54) is 5.57 Å². The van der Waals surface area contributed by atoms with Gasteiger partial charge in [-0.05, 0) is 11.5 Å². The third-order valence-corrected chi connectivity index (χ3v) is 4.16. The first-order valence-electron chi connectivity index (χ1n) is 4.00. The summed E-state index contributed by atoms with van der Waals surface area (Å²) in [6.45, 7) is 2.18. The second-order valence-corrected chi connectivity index (χ2v) is 4.64. The zero-order valence-corrected chi connectivity index (χ0v) is 10.2. The highest BCUT2D eigenvalue weighted by Crippen LogP contribution is 2.19. The predicted octanol–water partition coefficient (Wildman–Crippen LogP) is 3.83. The Kier molecular flexibility index (Phi) is 4.30. The quantitative estimate of drug-likeness (QED) is 0.678. The Morgan fingerprint density at radius 3 is 2.92 bits per heavy atom. The second-order valence-electron chi connectivity index (χ2n) is 2.89. The summed E-state index contributed by atoms with van der Waals surface area (Å²) in [6, 6.07) is 0. The number of alkyl halides is 2. The van der Waals surface area contributed by atoms with Gasteiger partial charge in [0.1, 0.15) is 0 Å². The number of hydrogen-bond acceptors (Lipinski definition) is 0. The number of rotatable bonds is 2. The fourth-order valence-corrected chi connectivity index (χ4v) is 1.70. The molecule has 12 heavy (non-hydrogen) atoms. The second kappa shape index (κ2) is 5.03. The van der Waals surface area contributed by atoms with Gasteiger partial charge in [-0.25, -0.2) is 0 Å². The highest BCUT2D eigenvalue weighted by Gasteiger charge is 2.06. The molecule has 0 amide bonds. The topological polar surface area (TPSA) is 0 Å². The third kappa shape index (κ3) is 2.91. The van der Waals surface area contributed by atoms with Gasteiger partial charge in [-0.3, -0.25) is 0 Å². The molecule has 1 aliphatic rings. The lowest BCUT2D eigenvalue weighted by atomic mass is 10.1. The summed E-state index contributed by atoms with van der Waals surface area (Å²) in [5, 5.41) is 0.950. The molecule has 0 aromatic heterocycles. The summed E-state index contributed by atoms with van der Waals surface area (Å²) < 4.78 is 0. The molecule has 2 atom stereocenters. The van der Waals surface area contributed by atoms with Crippen molar-refractivity contribution in [2.45, 2.75) is 11.8 Å². The largest absolute Gasteiger partial charge is 0.0912 e. The smallest absolute Gasteiger partial charge is 0.0491 e. The fraction of sp³-hybridized carbons (Fsp3) is 0.400. The Labute approximate surface area is 90.7 Å². The molecule has 0 spiro atoms. The number of halogens is 2. The maximum atomic E-state index is 3.59. The van der Waals surface area contributed by atoms with Crippen LogP contribution in [0.1, 0.15) is 6.92 Å². The molecule has 2 heteroatoms. The van der Waals surface area contributed by atoms with Gasteiger partial charge in [0, 0.05) is 10.2 Å². The third-order valence-electron chi connectivity index (χ3n) is 1.79. The Hall–Kier alpha value is 0.180. The Bertz CT molecular complexity index is 226. The average Bonchev–Trinajstić information content (AvgIpc) is 2.29. The molecule has 0 nitrogen and oxygen atoms in total. The van der Waals surface area contributed by atoms with Crippen molar-refractivity contribution in [1.82, 2.24) is 0 Å². The standard InChI is InChI=1S/C10H12Br2/c1-8-3-2-4-9(6-5-8)10(12)7-11/h2-6,8,10H,7H2,1H3. The van der Waals surface area contributed by atoms with E-state index in [4.69, 9.17) is 0 Å². The molecule has 0 saturated carbocycles. The Balaban J connectivity index is 2.72. The molecule has 0 aromatic rings. The summed E-state index contributed by atoms with van der Waals surface area (Å²) in [6.07, 6.45) is 10.9. The molecule has 0 saturated heterocycles. The van der Waals surface area contributed by atoms with Crippen LogP contribution in [0.5, 0.6) is 0 Å². The maximum Gasteiger partial charge on any atom is 0.0491 e. The van der Waals surface area contributed by atoms with Crippen LogP contribution in [-0.4, -0.2) is 10.2 Å². The summed E-state index contributed by atoms with van der Waals surface area (Å²) in [7, 11) is 0. The lowest BCUT2D eigenvalue weighted by Crippen LogP contribution is -2.00. The van der Waals surface area contributed by atoms with Gasteiger partial charge >= 0.3 is 0 Å². The van der Waals surface area contributed by atoms with Gasteiger partial charge in [0.05, 0.1) is 0 Å². The molecule has 1 rings (SSSR count). The fourth-order valence-electron chi connectivity index (χ4n) is 1.02. The van der Waals surface area contributed by atoms with Crippen molar-refractivity contribution in [3.05, 3.63) is 36.0 Å². The molecule has 0 radical (unpaired) electrons. The molecule has 1 aliphatic carbocycles. The number of hydrogen-bond donors (Lipinski definition) is 0. The van der Waals surface area contributed by atoms with E-state index < -0.39 is 0 Å². The molecule has 66 valence electrons. The Morgan fingerprint density at radius 1 is 1.50 bits per heavy atom. The van der Waals surface area contributed by atoms with Crippen LogP contribution in [0, 0.1) is 5.92 Å². The molecular weight excluding hydrogens is 280 g/mol. The molecular formula is C10H12Br2. The predicted molar refractivity (Wildman–Crippen MR) is 62.0 cm³/mol. The normalized spacial score (nSPS) is 24.9. The van der Waals surface area contributed by atoms with Gasteiger partial charge in [0.15, 0.2) is 0 Å². The van der Waals surface area contributed by atoms with E-state index in [1.807, 2.05) is 0 Å². The monoisotopic (exact) mass is 290 g/mol. The van der Waals surface area contributed by atoms with Crippen LogP contribution in [-0.2, 0) is 0 Å². The maximum absolute atomic E-state index is 3.59. The first-order valence-corrected chi connectivity index (χ1v) is 6.04. The summed E-state index contributed by atoms with van der Waals surface area (Å²) in [5.41, 5.74) is 1.33. The Morgan fingerprint density at radius 2 is 2.25 bits per heavy atom. The van der Waals surface area contributed by atoms with Crippen molar-refractivity contribution in [2.75, 3.05) is 5.33 Å². The number of allylic oxidation sites excluding steroid dienone is 6. The van der Waals surface area contributed by atoms with Gasteiger partial charge in [-0.1, -0.05) is 69.2 Å². The van der Waals surface area contributed by atoms with E-state index in [2.05, 4.69) is 69.2 Å². The average molecular weight is 292 g/mol. The van der Waals surface area contributed by atoms with Crippen LogP contribution >= 0.6 is 31.9 Å². The molecule has 0 N–H and O–H groups in total. The van der Waals surface area contributed by atoms with Crippen molar-refractivity contribution < 1.29 is 0 Å². The highest BCUT2D eigenvalue weighted by atomic mass is 79.9. The highest BCUT2D eigenvalue weighted by molar-refractivity contribution is 9.12. The zero-order valence-electron chi connectivity index (χ0n) is 7.00. The van der Waals surface area contributed by atoms with E-state index in [1.54, 1.807) is 0 Å². The molecule has 0 aliphatic heterocycles. The van der Waals surface area contributed by atoms with Crippen molar-refractivity contribution in [1.29, 1.82) is 0 Å². The molecule has 0 aromatic carbocycles. The molecule has 0 heterocycles. The van der Waals surface area contributed by atoms with Crippen molar-refractivity contribution in [2.24, 2.45) is 5.92 Å². The first kappa shape index (κ1) is 10.3. The van der Waals surface area contributed by atoms with Crippen molar-refractivity contribution in [3.8, 4) is 0 Å². The first-order chi connectivity index (χ1) is 5.74. The van der Waals surface area contributed by atoms with E-state index in [0.717, 1.165) is 5.33 Å². The molecule has 0 fully saturated rings. The van der Waals surface area contributed by atoms with Crippen LogP contribution < -0.4 is 0 Å². The van der Waals surface area contributed by atoms with Crippen LogP contribution in [0.15, 0.2) is 36.0 Å². The lowest BCUT2D eigenvalue weighted by Gasteiger charge is -2.05. The van der Waals surface area contributed by atoms with E-state index in [-0.39, 0.29) is 0 Å². The van der Waals surface area contributed by atoms with Gasteiger partial charge in [0.25, 0.3) is 0 Å². The van der Waals surface area contributed by atoms with Crippen LogP contribution in [0.3, 0.4) is 0 Å². The van der Waals surface area contributed by atoms with Crippen molar-refractivity contribution in [3.63, 3.8) is 0 Å². The minimum absolute atomic E-state index is 0.420. The van der Waals surface area contributed by atoms with Gasteiger partial charge in [-0.15, -0.1) is 0 Å². The van der Waals surface area contributed by atoms with Crippen LogP contribution in [0.2, 0.25) is 0 Å². The van der Waals surface area contributed by atoms with E-state index in [9.17, 15) is 0 Å². The minimum Gasteiger partial charge on any atom is -0.0912 e. The summed E-state index contributed by atoms with van der Waals surface area (Å²) in [5.74, 6) is 0.550. The van der Waals surface area contributed by atoms with Gasteiger partial charge < -0.3 is 0 Å². The molecule has 0 bridgehead atoms. The van der Waals surface area contributed by atoms with Crippen LogP contribution in [0.25, 0.3) is 0 Å². The summed E-state index contributed by atoms with van der Waals surface area (Å²) >= 11 is 7.04. The minimum atomic E-state index is 0.420. The van der Waals surface area contributed by atoms with Crippen LogP contribution in [0.4, 0.5) is 0 Å². The molecule has 2 unspecified atom stereocenters.